The van der Waals surface area contributed by atoms with Gasteiger partial charge in [0.1, 0.15) is 4.75 Å². The Labute approximate surface area is 159 Å². The van der Waals surface area contributed by atoms with E-state index < -0.39 is 10.7 Å². The van der Waals surface area contributed by atoms with Crippen molar-refractivity contribution in [3.8, 4) is 17.2 Å². The minimum absolute atomic E-state index is 0.609. The summed E-state index contributed by atoms with van der Waals surface area (Å²) in [6.07, 6.45) is 5.13. The summed E-state index contributed by atoms with van der Waals surface area (Å²) in [5.74, 6) is -0.727. The predicted octanol–water partition coefficient (Wildman–Crippen LogP) is 5.32. The fourth-order valence-corrected chi connectivity index (χ4v) is 5.84. The summed E-state index contributed by atoms with van der Waals surface area (Å²) in [6.45, 7) is 0. The van der Waals surface area contributed by atoms with Crippen LogP contribution in [-0.4, -0.2) is 20.2 Å². The topological polar surface area (TPSA) is 74.0 Å². The number of carboxylic acids is 1. The molecule has 0 unspecified atom stereocenters. The number of benzene rings is 2. The number of fused-ring (bicyclic) bond motifs is 1. The van der Waals surface area contributed by atoms with Crippen molar-refractivity contribution in [1.82, 2.24) is 4.37 Å². The van der Waals surface area contributed by atoms with Crippen LogP contribution < -0.4 is 0 Å². The largest absolute Gasteiger partial charge is 0.480 e. The molecule has 0 atom stereocenters. The summed E-state index contributed by atoms with van der Waals surface area (Å²) < 4.78 is 4.61. The van der Waals surface area contributed by atoms with Crippen LogP contribution in [-0.2, 0) is 4.79 Å². The number of hydrogen-bond donors (Lipinski definition) is 1. The summed E-state index contributed by atoms with van der Waals surface area (Å²) in [4.78, 5) is 13.0. The maximum Gasteiger partial charge on any atom is 0.320 e. The van der Waals surface area contributed by atoms with Crippen molar-refractivity contribution in [2.75, 3.05) is 0 Å². The van der Waals surface area contributed by atoms with Gasteiger partial charge in [-0.25, -0.2) is 0 Å². The Kier molecular flexibility index (Phi) is 4.43. The highest BCUT2D eigenvalue weighted by molar-refractivity contribution is 8.01. The molecule has 1 saturated carbocycles. The van der Waals surface area contributed by atoms with Crippen LogP contribution in [0.15, 0.2) is 47.5 Å². The predicted molar refractivity (Wildman–Crippen MR) is 104 cm³/mol. The van der Waals surface area contributed by atoms with E-state index in [9.17, 15) is 9.90 Å². The van der Waals surface area contributed by atoms with Crippen molar-refractivity contribution >= 4 is 39.3 Å². The van der Waals surface area contributed by atoms with E-state index in [1.54, 1.807) is 12.1 Å². The molecule has 1 N–H and O–H groups in total. The molecule has 1 aliphatic rings. The van der Waals surface area contributed by atoms with Crippen LogP contribution >= 0.6 is 23.3 Å². The van der Waals surface area contributed by atoms with Gasteiger partial charge >= 0.3 is 5.97 Å². The molecule has 2 aromatic carbocycles. The minimum Gasteiger partial charge on any atom is -0.480 e. The standard InChI is InChI=1S/C20H16N2O2S2/c21-11-13-3-5-14(6-4-13)17-16(8-7-15-12-22-26-18(15)17)25-20(19(23)24)9-1-2-10-20/h3-8,12H,1-2,9-10H2,(H,23,24). The number of rotatable bonds is 4. The van der Waals surface area contributed by atoms with Crippen molar-refractivity contribution in [1.29, 1.82) is 5.26 Å². The van der Waals surface area contributed by atoms with E-state index >= 15 is 0 Å². The zero-order valence-corrected chi connectivity index (χ0v) is 15.6. The van der Waals surface area contributed by atoms with E-state index in [-0.39, 0.29) is 0 Å². The number of hydrogen-bond acceptors (Lipinski definition) is 5. The lowest BCUT2D eigenvalue weighted by atomic mass is 10.0. The fourth-order valence-electron chi connectivity index (χ4n) is 3.50. The Morgan fingerprint density at radius 1 is 1.19 bits per heavy atom. The van der Waals surface area contributed by atoms with Crippen LogP contribution in [0.1, 0.15) is 31.2 Å². The van der Waals surface area contributed by atoms with Gasteiger partial charge in [0.15, 0.2) is 0 Å². The van der Waals surface area contributed by atoms with Crippen molar-refractivity contribution < 1.29 is 9.90 Å². The molecule has 3 aromatic rings. The number of carboxylic acid groups (broad SMARTS) is 1. The number of nitrogens with zero attached hydrogens (tertiary/aromatic N) is 2. The Bertz CT molecular complexity index is 1010. The third kappa shape index (κ3) is 2.87. The van der Waals surface area contributed by atoms with Crippen LogP contribution in [0.5, 0.6) is 0 Å². The van der Waals surface area contributed by atoms with Crippen LogP contribution in [0.25, 0.3) is 21.2 Å². The molecule has 0 saturated heterocycles. The van der Waals surface area contributed by atoms with Gasteiger partial charge in [-0.05, 0) is 48.1 Å². The van der Waals surface area contributed by atoms with Crippen LogP contribution in [0.2, 0.25) is 0 Å². The molecule has 1 heterocycles. The van der Waals surface area contributed by atoms with Gasteiger partial charge in [-0.3, -0.25) is 4.79 Å². The number of carbonyl (C=O) groups is 1. The third-order valence-electron chi connectivity index (χ3n) is 4.89. The second-order valence-electron chi connectivity index (χ2n) is 6.48. The quantitative estimate of drug-likeness (QED) is 0.663. The van der Waals surface area contributed by atoms with Gasteiger partial charge in [-0.1, -0.05) is 31.0 Å². The summed E-state index contributed by atoms with van der Waals surface area (Å²) in [7, 11) is 0. The maximum absolute atomic E-state index is 12.0. The lowest BCUT2D eigenvalue weighted by Gasteiger charge is -2.24. The molecule has 1 fully saturated rings. The van der Waals surface area contributed by atoms with Gasteiger partial charge in [0, 0.05) is 22.0 Å². The molecule has 1 aromatic heterocycles. The zero-order valence-electron chi connectivity index (χ0n) is 13.9. The average Bonchev–Trinajstić information content (AvgIpc) is 3.32. The molecule has 0 aliphatic heterocycles. The smallest absolute Gasteiger partial charge is 0.320 e. The molecule has 0 radical (unpaired) electrons. The Hall–Kier alpha value is -2.36. The summed E-state index contributed by atoms with van der Waals surface area (Å²) >= 11 is 2.89. The lowest BCUT2D eigenvalue weighted by molar-refractivity contribution is -0.139. The van der Waals surface area contributed by atoms with Crippen LogP contribution in [0.4, 0.5) is 0 Å². The SMILES string of the molecule is N#Cc1ccc(-c2c(SC3(C(=O)O)CCCC3)ccc3cnsc23)cc1. The molecular weight excluding hydrogens is 364 g/mol. The fraction of sp³-hybridized carbons (Fsp3) is 0.250. The highest BCUT2D eigenvalue weighted by Gasteiger charge is 2.43. The molecule has 6 heteroatoms. The number of aromatic nitrogens is 1. The average molecular weight is 380 g/mol. The van der Waals surface area contributed by atoms with Crippen molar-refractivity contribution in [2.24, 2.45) is 0 Å². The van der Waals surface area contributed by atoms with E-state index in [4.69, 9.17) is 5.26 Å². The van der Waals surface area contributed by atoms with Crippen LogP contribution in [0, 0.1) is 11.3 Å². The Morgan fingerprint density at radius 2 is 1.92 bits per heavy atom. The number of thioether (sulfide) groups is 1. The Morgan fingerprint density at radius 3 is 2.58 bits per heavy atom. The van der Waals surface area contributed by atoms with Gasteiger partial charge in [-0.15, -0.1) is 11.8 Å². The molecule has 0 amide bonds. The van der Waals surface area contributed by atoms with E-state index in [0.29, 0.717) is 18.4 Å². The highest BCUT2D eigenvalue weighted by Crippen LogP contribution is 2.49. The molecule has 4 rings (SSSR count). The van der Waals surface area contributed by atoms with Gasteiger partial charge in [0.05, 0.1) is 16.3 Å². The second-order valence-corrected chi connectivity index (χ2v) is 8.71. The van der Waals surface area contributed by atoms with E-state index in [1.165, 1.54) is 23.3 Å². The summed E-state index contributed by atoms with van der Waals surface area (Å²) in [5.41, 5.74) is 2.61. The molecule has 130 valence electrons. The van der Waals surface area contributed by atoms with Gasteiger partial charge < -0.3 is 5.11 Å². The monoisotopic (exact) mass is 380 g/mol. The Balaban J connectivity index is 1.87. The molecule has 0 spiro atoms. The third-order valence-corrected chi connectivity index (χ3v) is 7.26. The zero-order chi connectivity index (χ0) is 18.1. The maximum atomic E-state index is 12.0. The molecule has 1 aliphatic carbocycles. The summed E-state index contributed by atoms with van der Waals surface area (Å²) in [5, 5.41) is 20.0. The van der Waals surface area contributed by atoms with Gasteiger partial charge in [-0.2, -0.15) is 9.64 Å². The number of aliphatic carboxylic acids is 1. The first kappa shape index (κ1) is 17.1. The second kappa shape index (κ2) is 6.75. The van der Waals surface area contributed by atoms with Crippen molar-refractivity contribution in [3.63, 3.8) is 0 Å². The van der Waals surface area contributed by atoms with Crippen molar-refractivity contribution in [3.05, 3.63) is 48.2 Å². The molecule has 4 nitrogen and oxygen atoms in total. The summed E-state index contributed by atoms with van der Waals surface area (Å²) in [6, 6.07) is 13.6. The molecule has 26 heavy (non-hydrogen) atoms. The first-order valence-corrected chi connectivity index (χ1v) is 10.0. The van der Waals surface area contributed by atoms with Crippen LogP contribution in [0.3, 0.4) is 0 Å². The van der Waals surface area contributed by atoms with E-state index in [2.05, 4.69) is 10.4 Å². The first-order chi connectivity index (χ1) is 12.6. The number of nitriles is 1. The van der Waals surface area contributed by atoms with Crippen molar-refractivity contribution in [2.45, 2.75) is 35.3 Å². The minimum atomic E-state index is -0.750. The lowest BCUT2D eigenvalue weighted by Crippen LogP contribution is -2.31. The highest BCUT2D eigenvalue weighted by atomic mass is 32.2. The van der Waals surface area contributed by atoms with E-state index in [1.807, 2.05) is 30.5 Å². The molecular formula is C20H16N2O2S2. The van der Waals surface area contributed by atoms with E-state index in [0.717, 1.165) is 39.0 Å². The van der Waals surface area contributed by atoms with Gasteiger partial charge in [0.25, 0.3) is 0 Å². The first-order valence-electron chi connectivity index (χ1n) is 8.43. The van der Waals surface area contributed by atoms with Gasteiger partial charge in [0.2, 0.25) is 0 Å². The normalized spacial score (nSPS) is 15.8. The molecule has 0 bridgehead atoms.